The number of imidazole rings is 1. The highest BCUT2D eigenvalue weighted by Gasteiger charge is 2.34. The molecule has 0 radical (unpaired) electrons. The molecule has 1 aromatic heterocycles. The normalized spacial score (nSPS) is 16.3. The van der Waals surface area contributed by atoms with Crippen LogP contribution in [0.2, 0.25) is 0 Å². The minimum Gasteiger partial charge on any atom is -0.497 e. The van der Waals surface area contributed by atoms with Crippen molar-refractivity contribution in [2.75, 3.05) is 18.6 Å². The maximum absolute atomic E-state index is 12.9. The first kappa shape index (κ1) is 19.4. The first-order chi connectivity index (χ1) is 15.1. The lowest BCUT2D eigenvalue weighted by Gasteiger charge is -2.18. The predicted molar refractivity (Wildman–Crippen MR) is 123 cm³/mol. The Bertz CT molecular complexity index is 1230. The second-order valence-electron chi connectivity index (χ2n) is 8.13. The lowest BCUT2D eigenvalue weighted by atomic mass is 10.1. The summed E-state index contributed by atoms with van der Waals surface area (Å²) in [4.78, 5) is 19.7. The zero-order valence-corrected chi connectivity index (χ0v) is 17.8. The van der Waals surface area contributed by atoms with E-state index in [-0.39, 0.29) is 11.8 Å². The van der Waals surface area contributed by atoms with Crippen LogP contribution in [0.5, 0.6) is 5.75 Å². The SMILES string of the molecule is COc1ccc(N2C[C@@H](c3nc4ccccc4n3Cc3ccc(C)cc3)CC2=O)cc1. The molecule has 0 saturated carbocycles. The van der Waals surface area contributed by atoms with Crippen LogP contribution in [0, 0.1) is 6.92 Å². The van der Waals surface area contributed by atoms with Gasteiger partial charge in [-0.2, -0.15) is 0 Å². The molecule has 0 N–H and O–H groups in total. The Hall–Kier alpha value is -3.60. The Labute approximate surface area is 181 Å². The molecule has 5 rings (SSSR count). The van der Waals surface area contributed by atoms with E-state index in [1.807, 2.05) is 47.4 Å². The van der Waals surface area contributed by atoms with Crippen molar-refractivity contribution in [2.24, 2.45) is 0 Å². The van der Waals surface area contributed by atoms with Crippen molar-refractivity contribution >= 4 is 22.6 Å². The summed E-state index contributed by atoms with van der Waals surface area (Å²) in [5, 5.41) is 0. The Morgan fingerprint density at radius 2 is 1.74 bits per heavy atom. The number of nitrogens with zero attached hydrogens (tertiary/aromatic N) is 3. The Kier molecular flexibility index (Phi) is 4.94. The van der Waals surface area contributed by atoms with Gasteiger partial charge in [0.2, 0.25) is 5.91 Å². The zero-order valence-electron chi connectivity index (χ0n) is 17.8. The summed E-state index contributed by atoms with van der Waals surface area (Å²) in [6.45, 7) is 3.46. The molecule has 1 atom stereocenters. The number of aryl methyl sites for hydroxylation is 1. The van der Waals surface area contributed by atoms with Gasteiger partial charge >= 0.3 is 0 Å². The fourth-order valence-electron chi connectivity index (χ4n) is 4.34. The predicted octanol–water partition coefficient (Wildman–Crippen LogP) is 4.92. The van der Waals surface area contributed by atoms with Gasteiger partial charge in [-0.25, -0.2) is 4.98 Å². The van der Waals surface area contributed by atoms with Crippen LogP contribution in [0.1, 0.15) is 29.3 Å². The Morgan fingerprint density at radius 1 is 1.00 bits per heavy atom. The average molecular weight is 412 g/mol. The molecule has 4 aromatic rings. The van der Waals surface area contributed by atoms with Gasteiger partial charge in [0.15, 0.2) is 0 Å². The lowest BCUT2D eigenvalue weighted by Crippen LogP contribution is -2.24. The van der Waals surface area contributed by atoms with Gasteiger partial charge in [0.05, 0.1) is 18.1 Å². The number of rotatable bonds is 5. The molecule has 31 heavy (non-hydrogen) atoms. The largest absolute Gasteiger partial charge is 0.497 e. The fourth-order valence-corrected chi connectivity index (χ4v) is 4.34. The van der Waals surface area contributed by atoms with Crippen molar-refractivity contribution in [2.45, 2.75) is 25.8 Å². The van der Waals surface area contributed by atoms with E-state index in [1.54, 1.807) is 7.11 Å². The third kappa shape index (κ3) is 3.67. The Morgan fingerprint density at radius 3 is 2.48 bits per heavy atom. The highest BCUT2D eigenvalue weighted by molar-refractivity contribution is 5.96. The van der Waals surface area contributed by atoms with Gasteiger partial charge in [-0.05, 0) is 48.9 Å². The molecule has 0 unspecified atom stereocenters. The number of hydrogen-bond acceptors (Lipinski definition) is 3. The number of methoxy groups -OCH3 is 1. The fraction of sp³-hybridized carbons (Fsp3) is 0.231. The van der Waals surface area contributed by atoms with Gasteiger partial charge in [-0.15, -0.1) is 0 Å². The molecular weight excluding hydrogens is 386 g/mol. The molecular formula is C26H25N3O2. The molecule has 1 aliphatic rings. The maximum Gasteiger partial charge on any atom is 0.227 e. The second-order valence-corrected chi connectivity index (χ2v) is 8.13. The molecule has 1 amide bonds. The third-order valence-corrected chi connectivity index (χ3v) is 6.02. The highest BCUT2D eigenvalue weighted by atomic mass is 16.5. The van der Waals surface area contributed by atoms with E-state index in [0.717, 1.165) is 34.8 Å². The summed E-state index contributed by atoms with van der Waals surface area (Å²) >= 11 is 0. The number of aromatic nitrogens is 2. The van der Waals surface area contributed by atoms with Crippen molar-refractivity contribution in [3.8, 4) is 5.75 Å². The van der Waals surface area contributed by atoms with Gasteiger partial charge in [0, 0.05) is 31.1 Å². The van der Waals surface area contributed by atoms with Crippen molar-refractivity contribution in [3.05, 3.63) is 89.7 Å². The number of ether oxygens (including phenoxy) is 1. The molecule has 0 spiro atoms. The molecule has 1 saturated heterocycles. The molecule has 2 heterocycles. The van der Waals surface area contributed by atoms with Crippen molar-refractivity contribution in [1.29, 1.82) is 0 Å². The van der Waals surface area contributed by atoms with Crippen LogP contribution in [0.15, 0.2) is 72.8 Å². The molecule has 5 heteroatoms. The summed E-state index contributed by atoms with van der Waals surface area (Å²) < 4.78 is 7.52. The van der Waals surface area contributed by atoms with Gasteiger partial charge in [0.1, 0.15) is 11.6 Å². The van der Waals surface area contributed by atoms with Gasteiger partial charge in [0.25, 0.3) is 0 Å². The van der Waals surface area contributed by atoms with Crippen molar-refractivity contribution < 1.29 is 9.53 Å². The summed E-state index contributed by atoms with van der Waals surface area (Å²) in [7, 11) is 1.64. The third-order valence-electron chi connectivity index (χ3n) is 6.02. The molecule has 0 aliphatic carbocycles. The average Bonchev–Trinajstić information content (AvgIpc) is 3.36. The standard InChI is InChI=1S/C26H25N3O2/c1-18-7-9-19(10-8-18)16-29-24-6-4-3-5-23(24)27-26(29)20-15-25(30)28(17-20)21-11-13-22(31-2)14-12-21/h3-14,20H,15-17H2,1-2H3/t20-/m0/s1. The number of anilines is 1. The Balaban J connectivity index is 1.49. The van der Waals surface area contributed by atoms with Crippen LogP contribution < -0.4 is 9.64 Å². The van der Waals surface area contributed by atoms with Gasteiger partial charge < -0.3 is 14.2 Å². The summed E-state index contributed by atoms with van der Waals surface area (Å²) in [5.41, 5.74) is 5.45. The molecule has 3 aromatic carbocycles. The molecule has 1 fully saturated rings. The van der Waals surface area contributed by atoms with Gasteiger partial charge in [-0.1, -0.05) is 42.0 Å². The number of carbonyl (C=O) groups excluding carboxylic acids is 1. The topological polar surface area (TPSA) is 47.4 Å². The molecule has 1 aliphatic heterocycles. The minimum absolute atomic E-state index is 0.0486. The van der Waals surface area contributed by atoms with E-state index in [2.05, 4.69) is 41.8 Å². The summed E-state index contributed by atoms with van der Waals surface area (Å²) in [6, 6.07) is 24.5. The first-order valence-electron chi connectivity index (χ1n) is 10.6. The summed E-state index contributed by atoms with van der Waals surface area (Å²) in [5.74, 6) is 1.94. The van der Waals surface area contributed by atoms with E-state index in [9.17, 15) is 4.79 Å². The van der Waals surface area contributed by atoms with Crippen LogP contribution in [-0.4, -0.2) is 29.1 Å². The smallest absolute Gasteiger partial charge is 0.227 e. The van der Waals surface area contributed by atoms with Crippen LogP contribution in [0.25, 0.3) is 11.0 Å². The van der Waals surface area contributed by atoms with E-state index >= 15 is 0 Å². The maximum atomic E-state index is 12.9. The first-order valence-corrected chi connectivity index (χ1v) is 10.6. The van der Waals surface area contributed by atoms with E-state index in [1.165, 1.54) is 11.1 Å². The molecule has 0 bridgehead atoms. The van der Waals surface area contributed by atoms with Crippen molar-refractivity contribution in [1.82, 2.24) is 9.55 Å². The van der Waals surface area contributed by atoms with Gasteiger partial charge in [-0.3, -0.25) is 4.79 Å². The molecule has 156 valence electrons. The highest BCUT2D eigenvalue weighted by Crippen LogP contribution is 2.34. The van der Waals surface area contributed by atoms with E-state index in [4.69, 9.17) is 9.72 Å². The second kappa shape index (κ2) is 7.91. The monoisotopic (exact) mass is 411 g/mol. The van der Waals surface area contributed by atoms with Crippen LogP contribution in [0.4, 0.5) is 5.69 Å². The zero-order chi connectivity index (χ0) is 21.4. The van der Waals surface area contributed by atoms with Crippen molar-refractivity contribution in [3.63, 3.8) is 0 Å². The minimum atomic E-state index is 0.0486. The van der Waals surface area contributed by atoms with Crippen LogP contribution in [0.3, 0.4) is 0 Å². The number of benzene rings is 3. The van der Waals surface area contributed by atoms with Crippen LogP contribution >= 0.6 is 0 Å². The number of fused-ring (bicyclic) bond motifs is 1. The number of hydrogen-bond donors (Lipinski definition) is 0. The summed E-state index contributed by atoms with van der Waals surface area (Å²) in [6.07, 6.45) is 0.462. The van der Waals surface area contributed by atoms with Crippen LogP contribution in [-0.2, 0) is 11.3 Å². The molecule has 5 nitrogen and oxygen atoms in total. The van der Waals surface area contributed by atoms with E-state index in [0.29, 0.717) is 13.0 Å². The quantitative estimate of drug-likeness (QED) is 0.468. The number of carbonyl (C=O) groups is 1. The number of para-hydroxylation sites is 2. The lowest BCUT2D eigenvalue weighted by molar-refractivity contribution is -0.117. The van der Waals surface area contributed by atoms with E-state index < -0.39 is 0 Å². The number of amides is 1.